The summed E-state index contributed by atoms with van der Waals surface area (Å²) in [6.07, 6.45) is 4.95. The summed E-state index contributed by atoms with van der Waals surface area (Å²) < 4.78 is 11.1. The Bertz CT molecular complexity index is 668. The summed E-state index contributed by atoms with van der Waals surface area (Å²) in [5.41, 5.74) is 7.39. The highest BCUT2D eigenvalue weighted by atomic mass is 35.5. The lowest BCUT2D eigenvalue weighted by Gasteiger charge is -2.14. The van der Waals surface area contributed by atoms with Gasteiger partial charge in [0.1, 0.15) is 6.61 Å². The molecule has 0 bridgehead atoms. The molecule has 0 saturated heterocycles. The molecule has 0 aliphatic carbocycles. The molecule has 1 atom stereocenters. The maximum Gasteiger partial charge on any atom is 0.241 e. The number of methoxy groups -OCH3 is 1. The topological polar surface area (TPSA) is 86.5 Å². The number of benzene rings is 1. The van der Waals surface area contributed by atoms with Gasteiger partial charge in [0.15, 0.2) is 11.5 Å². The Balaban J connectivity index is 0.00000312. The van der Waals surface area contributed by atoms with E-state index in [-0.39, 0.29) is 18.3 Å². The number of ether oxygens (including phenoxy) is 2. The van der Waals surface area contributed by atoms with Crippen molar-refractivity contribution in [2.75, 3.05) is 12.4 Å². The molecule has 7 heteroatoms. The monoisotopic (exact) mass is 365 g/mol. The van der Waals surface area contributed by atoms with Crippen LogP contribution < -0.4 is 20.5 Å². The van der Waals surface area contributed by atoms with Gasteiger partial charge >= 0.3 is 0 Å². The van der Waals surface area contributed by atoms with Crippen LogP contribution in [-0.4, -0.2) is 24.0 Å². The maximum absolute atomic E-state index is 12.0. The minimum Gasteiger partial charge on any atom is -0.493 e. The zero-order valence-corrected chi connectivity index (χ0v) is 15.2. The minimum absolute atomic E-state index is 0. The van der Waals surface area contributed by atoms with Crippen molar-refractivity contribution in [1.29, 1.82) is 0 Å². The number of nitrogens with one attached hydrogen (secondary N) is 1. The number of pyridine rings is 1. The summed E-state index contributed by atoms with van der Waals surface area (Å²) in [7, 11) is 1.57. The number of anilines is 1. The summed E-state index contributed by atoms with van der Waals surface area (Å²) in [6.45, 7) is 2.35. The number of carbonyl (C=O) groups excluding carboxylic acids is 1. The smallest absolute Gasteiger partial charge is 0.241 e. The molecule has 25 heavy (non-hydrogen) atoms. The lowest BCUT2D eigenvalue weighted by atomic mass is 10.1. The second-order valence-electron chi connectivity index (χ2n) is 5.40. The Hall–Kier alpha value is -2.31. The Morgan fingerprint density at radius 2 is 2.12 bits per heavy atom. The van der Waals surface area contributed by atoms with Gasteiger partial charge in [-0.15, -0.1) is 12.4 Å². The van der Waals surface area contributed by atoms with Crippen LogP contribution in [0.2, 0.25) is 0 Å². The molecule has 1 amide bonds. The summed E-state index contributed by atoms with van der Waals surface area (Å²) in [5.74, 6) is 0.929. The molecule has 1 heterocycles. The van der Waals surface area contributed by atoms with Crippen molar-refractivity contribution in [1.82, 2.24) is 4.98 Å². The van der Waals surface area contributed by atoms with Crippen molar-refractivity contribution in [2.24, 2.45) is 5.73 Å². The summed E-state index contributed by atoms with van der Waals surface area (Å²) in [4.78, 5) is 16.1. The second kappa shape index (κ2) is 10.5. The number of amides is 1. The fraction of sp³-hybridized carbons (Fsp3) is 0.333. The number of rotatable bonds is 8. The number of aromatic nitrogens is 1. The van der Waals surface area contributed by atoms with E-state index in [0.29, 0.717) is 30.2 Å². The normalized spacial score (nSPS) is 11.2. The number of nitrogens with two attached hydrogens (primary N) is 1. The van der Waals surface area contributed by atoms with Crippen LogP contribution >= 0.6 is 12.4 Å². The predicted molar refractivity (Wildman–Crippen MR) is 100 cm³/mol. The van der Waals surface area contributed by atoms with E-state index in [4.69, 9.17) is 15.2 Å². The second-order valence-corrected chi connectivity index (χ2v) is 5.40. The van der Waals surface area contributed by atoms with Crippen LogP contribution in [0.1, 0.15) is 25.3 Å². The predicted octanol–water partition coefficient (Wildman–Crippen LogP) is 3.16. The van der Waals surface area contributed by atoms with E-state index < -0.39 is 6.04 Å². The summed E-state index contributed by atoms with van der Waals surface area (Å²) in [6, 6.07) is 8.49. The van der Waals surface area contributed by atoms with Gasteiger partial charge in [0.25, 0.3) is 0 Å². The third kappa shape index (κ3) is 6.25. The molecule has 2 aromatic rings. The van der Waals surface area contributed by atoms with Gasteiger partial charge in [-0.05, 0) is 24.6 Å². The highest BCUT2D eigenvalue weighted by Gasteiger charge is 2.14. The molecule has 1 aromatic heterocycles. The van der Waals surface area contributed by atoms with Crippen LogP contribution in [0.5, 0.6) is 11.5 Å². The Morgan fingerprint density at radius 3 is 2.76 bits per heavy atom. The molecule has 0 aliphatic rings. The number of halogens is 1. The number of hydrogen-bond acceptors (Lipinski definition) is 5. The van der Waals surface area contributed by atoms with Gasteiger partial charge < -0.3 is 20.5 Å². The Kier molecular flexibility index (Phi) is 8.74. The molecule has 1 aromatic carbocycles. The Labute approximate surface area is 154 Å². The van der Waals surface area contributed by atoms with Gasteiger partial charge in [-0.1, -0.05) is 19.4 Å². The van der Waals surface area contributed by atoms with Crippen molar-refractivity contribution in [3.63, 3.8) is 0 Å². The number of carbonyl (C=O) groups is 1. The van der Waals surface area contributed by atoms with E-state index in [1.54, 1.807) is 37.7 Å². The van der Waals surface area contributed by atoms with Crippen molar-refractivity contribution < 1.29 is 14.3 Å². The van der Waals surface area contributed by atoms with Crippen LogP contribution in [0.25, 0.3) is 0 Å². The van der Waals surface area contributed by atoms with Gasteiger partial charge in [0.2, 0.25) is 5.91 Å². The van der Waals surface area contributed by atoms with Crippen molar-refractivity contribution >= 4 is 24.0 Å². The fourth-order valence-corrected chi connectivity index (χ4v) is 2.19. The molecular weight excluding hydrogens is 342 g/mol. The molecule has 136 valence electrons. The zero-order chi connectivity index (χ0) is 17.4. The average Bonchev–Trinajstić information content (AvgIpc) is 2.61. The van der Waals surface area contributed by atoms with E-state index in [1.807, 2.05) is 19.1 Å². The van der Waals surface area contributed by atoms with E-state index in [0.717, 1.165) is 12.0 Å². The molecule has 0 spiro atoms. The molecule has 0 saturated carbocycles. The van der Waals surface area contributed by atoms with Crippen molar-refractivity contribution in [3.05, 3.63) is 48.3 Å². The van der Waals surface area contributed by atoms with E-state index in [2.05, 4.69) is 10.3 Å². The van der Waals surface area contributed by atoms with Crippen LogP contribution in [-0.2, 0) is 11.4 Å². The van der Waals surface area contributed by atoms with E-state index in [1.165, 1.54) is 0 Å². The lowest BCUT2D eigenvalue weighted by Crippen LogP contribution is -2.35. The zero-order valence-electron chi connectivity index (χ0n) is 14.4. The van der Waals surface area contributed by atoms with Crippen LogP contribution in [0.4, 0.5) is 5.69 Å². The summed E-state index contributed by atoms with van der Waals surface area (Å²) >= 11 is 0. The molecule has 6 nitrogen and oxygen atoms in total. The first-order chi connectivity index (χ1) is 11.6. The highest BCUT2D eigenvalue weighted by Crippen LogP contribution is 2.31. The number of hydrogen-bond donors (Lipinski definition) is 2. The SMILES string of the molecule is CCCC(N)C(=O)Nc1ccc(OC)c(OCc2cccnc2)c1.Cl. The first-order valence-electron chi connectivity index (χ1n) is 7.90. The van der Waals surface area contributed by atoms with Gasteiger partial charge in [-0.2, -0.15) is 0 Å². The first-order valence-corrected chi connectivity index (χ1v) is 7.90. The lowest BCUT2D eigenvalue weighted by molar-refractivity contribution is -0.117. The average molecular weight is 366 g/mol. The molecule has 0 fully saturated rings. The Morgan fingerprint density at radius 1 is 1.32 bits per heavy atom. The number of nitrogens with zero attached hydrogens (tertiary/aromatic N) is 1. The molecule has 0 aliphatic heterocycles. The summed E-state index contributed by atoms with van der Waals surface area (Å²) in [5, 5.41) is 2.80. The maximum atomic E-state index is 12.0. The van der Waals surface area contributed by atoms with Crippen LogP contribution in [0.3, 0.4) is 0 Å². The molecule has 3 N–H and O–H groups in total. The van der Waals surface area contributed by atoms with Crippen molar-refractivity contribution in [3.8, 4) is 11.5 Å². The van der Waals surface area contributed by atoms with E-state index >= 15 is 0 Å². The van der Waals surface area contributed by atoms with Gasteiger partial charge in [0, 0.05) is 29.7 Å². The quantitative estimate of drug-likeness (QED) is 0.750. The van der Waals surface area contributed by atoms with Gasteiger partial charge in [0.05, 0.1) is 13.2 Å². The third-order valence-corrected chi connectivity index (χ3v) is 3.48. The van der Waals surface area contributed by atoms with Gasteiger partial charge in [-0.3, -0.25) is 9.78 Å². The largest absolute Gasteiger partial charge is 0.493 e. The van der Waals surface area contributed by atoms with Crippen LogP contribution in [0, 0.1) is 0 Å². The molecular formula is C18H24ClN3O3. The molecule has 2 rings (SSSR count). The first kappa shape index (κ1) is 20.7. The standard InChI is InChI=1S/C18H23N3O3.ClH/c1-3-5-15(19)18(22)21-14-7-8-16(23-2)17(10-14)24-12-13-6-4-9-20-11-13;/h4,6-11,15H,3,5,12,19H2,1-2H3,(H,21,22);1H. The van der Waals surface area contributed by atoms with Gasteiger partial charge in [-0.25, -0.2) is 0 Å². The third-order valence-electron chi connectivity index (χ3n) is 3.48. The molecule has 1 unspecified atom stereocenters. The van der Waals surface area contributed by atoms with Crippen molar-refractivity contribution in [2.45, 2.75) is 32.4 Å². The fourth-order valence-electron chi connectivity index (χ4n) is 2.19. The van der Waals surface area contributed by atoms with E-state index in [9.17, 15) is 4.79 Å². The molecule has 0 radical (unpaired) electrons. The minimum atomic E-state index is -0.517. The van der Waals surface area contributed by atoms with Crippen LogP contribution in [0.15, 0.2) is 42.7 Å². The highest BCUT2D eigenvalue weighted by molar-refractivity contribution is 5.94.